The van der Waals surface area contributed by atoms with Gasteiger partial charge >= 0.3 is 5.69 Å². The van der Waals surface area contributed by atoms with Gasteiger partial charge in [0.2, 0.25) is 0 Å². The molecule has 11 heteroatoms. The summed E-state index contributed by atoms with van der Waals surface area (Å²) in [5.74, 6) is 1.08. The molecule has 0 aliphatic carbocycles. The lowest BCUT2D eigenvalue weighted by Gasteiger charge is -2.33. The van der Waals surface area contributed by atoms with Crippen molar-refractivity contribution in [3.05, 3.63) is 83.1 Å². The third-order valence-corrected chi connectivity index (χ3v) is 7.16. The van der Waals surface area contributed by atoms with Crippen LogP contribution in [-0.4, -0.2) is 55.2 Å². The molecule has 3 heterocycles. The van der Waals surface area contributed by atoms with Gasteiger partial charge in [0.15, 0.2) is 11.5 Å². The summed E-state index contributed by atoms with van der Waals surface area (Å²) in [4.78, 5) is 37.6. The van der Waals surface area contributed by atoms with Gasteiger partial charge in [-0.25, -0.2) is 14.8 Å². The summed E-state index contributed by atoms with van der Waals surface area (Å²) in [5.41, 5.74) is 6.51. The van der Waals surface area contributed by atoms with E-state index in [0.29, 0.717) is 54.3 Å². The molecule has 1 aliphatic heterocycles. The smallest absolute Gasteiger partial charge is 0.335 e. The second-order valence-corrected chi connectivity index (χ2v) is 10.6. The number of aromatic nitrogens is 4. The summed E-state index contributed by atoms with van der Waals surface area (Å²) in [6.07, 6.45) is 4.17. The van der Waals surface area contributed by atoms with E-state index in [2.05, 4.69) is 9.97 Å². The maximum atomic E-state index is 14.0. The van der Waals surface area contributed by atoms with E-state index in [1.54, 1.807) is 53.7 Å². The molecule has 0 spiro atoms. The van der Waals surface area contributed by atoms with E-state index >= 15 is 0 Å². The minimum atomic E-state index is -0.773. The molecule has 1 saturated heterocycles. The molecule has 1 fully saturated rings. The van der Waals surface area contributed by atoms with Gasteiger partial charge in [-0.05, 0) is 76.1 Å². The fourth-order valence-corrected chi connectivity index (χ4v) is 5.35. The Kier molecular flexibility index (Phi) is 8.08. The number of piperidine rings is 1. The first-order chi connectivity index (χ1) is 20.2. The normalized spacial score (nSPS) is 15.9. The number of nitrogens with two attached hydrogens (primary N) is 1. The SMILES string of the molecule is CCOC(C)(C)C=C(C#N)C(=O)N1CCCC(n2c(=O)n(-c3ccc(Oc4ccccc4)cc3)c3c(N)ncnc32)C1. The summed E-state index contributed by atoms with van der Waals surface area (Å²) in [7, 11) is 0. The van der Waals surface area contributed by atoms with Crippen LogP contribution >= 0.6 is 0 Å². The number of benzene rings is 2. The number of nitrogens with zero attached hydrogens (tertiary/aromatic N) is 6. The third-order valence-electron chi connectivity index (χ3n) is 7.16. The molecule has 42 heavy (non-hydrogen) atoms. The van der Waals surface area contributed by atoms with Crippen molar-refractivity contribution < 1.29 is 14.3 Å². The number of carbonyl (C=O) groups excluding carboxylic acids is 1. The highest BCUT2D eigenvalue weighted by molar-refractivity contribution is 5.97. The van der Waals surface area contributed by atoms with Gasteiger partial charge in [0.25, 0.3) is 5.91 Å². The van der Waals surface area contributed by atoms with Crippen LogP contribution in [0.25, 0.3) is 16.9 Å². The Labute approximate surface area is 243 Å². The van der Waals surface area contributed by atoms with Crippen LogP contribution in [0.2, 0.25) is 0 Å². The Bertz CT molecular complexity index is 1720. The monoisotopic (exact) mass is 567 g/mol. The van der Waals surface area contributed by atoms with Crippen molar-refractivity contribution in [3.8, 4) is 23.3 Å². The maximum absolute atomic E-state index is 14.0. The molecule has 1 atom stereocenters. The second-order valence-electron chi connectivity index (χ2n) is 10.6. The molecule has 0 bridgehead atoms. The number of ether oxygens (including phenoxy) is 2. The van der Waals surface area contributed by atoms with E-state index in [0.717, 1.165) is 0 Å². The largest absolute Gasteiger partial charge is 0.457 e. The number of imidazole rings is 1. The zero-order valence-electron chi connectivity index (χ0n) is 23.9. The van der Waals surface area contributed by atoms with Crippen LogP contribution in [-0.2, 0) is 9.53 Å². The molecular weight excluding hydrogens is 534 g/mol. The number of para-hydroxylation sites is 1. The highest BCUT2D eigenvalue weighted by Gasteiger charge is 2.32. The summed E-state index contributed by atoms with van der Waals surface area (Å²) >= 11 is 0. The fourth-order valence-electron chi connectivity index (χ4n) is 5.35. The lowest BCUT2D eigenvalue weighted by Crippen LogP contribution is -2.43. The van der Waals surface area contributed by atoms with Crippen molar-refractivity contribution in [1.29, 1.82) is 5.26 Å². The van der Waals surface area contributed by atoms with Crippen molar-refractivity contribution in [1.82, 2.24) is 24.0 Å². The molecular formula is C31H33N7O4. The quantitative estimate of drug-likeness (QED) is 0.244. The third kappa shape index (κ3) is 5.75. The van der Waals surface area contributed by atoms with Gasteiger partial charge in [-0.1, -0.05) is 18.2 Å². The predicted octanol–water partition coefficient (Wildman–Crippen LogP) is 4.39. The number of nitrogen functional groups attached to an aromatic ring is 1. The molecule has 2 N–H and O–H groups in total. The average Bonchev–Trinajstić information content (AvgIpc) is 3.29. The number of amides is 1. The molecule has 0 radical (unpaired) electrons. The second kappa shape index (κ2) is 11.9. The number of likely N-dealkylation sites (tertiary alicyclic amines) is 1. The van der Waals surface area contributed by atoms with Gasteiger partial charge in [-0.3, -0.25) is 13.9 Å². The van der Waals surface area contributed by atoms with E-state index in [4.69, 9.17) is 15.2 Å². The van der Waals surface area contributed by atoms with E-state index in [1.165, 1.54) is 10.9 Å². The Balaban J connectivity index is 1.48. The molecule has 1 unspecified atom stereocenters. The zero-order valence-corrected chi connectivity index (χ0v) is 23.9. The topological polar surface area (TPSA) is 141 Å². The van der Waals surface area contributed by atoms with Crippen LogP contribution < -0.4 is 16.2 Å². The lowest BCUT2D eigenvalue weighted by molar-refractivity contribution is -0.128. The number of rotatable bonds is 8. The highest BCUT2D eigenvalue weighted by Crippen LogP contribution is 2.29. The number of nitriles is 1. The Morgan fingerprint density at radius 3 is 2.55 bits per heavy atom. The van der Waals surface area contributed by atoms with E-state index in [-0.39, 0.29) is 29.7 Å². The summed E-state index contributed by atoms with van der Waals surface area (Å²) in [6.45, 7) is 6.62. The van der Waals surface area contributed by atoms with E-state index in [9.17, 15) is 14.9 Å². The average molecular weight is 568 g/mol. The van der Waals surface area contributed by atoms with Crippen LogP contribution in [0.3, 0.4) is 0 Å². The number of carbonyl (C=O) groups is 1. The standard InChI is InChI=1S/C31H33N7O4/c1-4-41-31(2,3)17-21(18-32)29(39)36-16-8-9-23(19-36)38-28-26(27(33)34-20-35-28)37(30(38)40)22-12-14-25(15-13-22)42-24-10-6-5-7-11-24/h5-7,10-15,17,20,23H,4,8-9,16,19H2,1-3H3,(H2,33,34,35). The van der Waals surface area contributed by atoms with Crippen LogP contribution in [0.15, 0.2) is 77.4 Å². The minimum Gasteiger partial charge on any atom is -0.457 e. The first kappa shape index (κ1) is 28.6. The Hall–Kier alpha value is -4.95. The number of hydrogen-bond donors (Lipinski definition) is 1. The van der Waals surface area contributed by atoms with Crippen molar-refractivity contribution in [2.45, 2.75) is 45.3 Å². The molecule has 5 rings (SSSR count). The highest BCUT2D eigenvalue weighted by atomic mass is 16.5. The van der Waals surface area contributed by atoms with Gasteiger partial charge in [0.05, 0.1) is 17.3 Å². The molecule has 4 aromatic rings. The molecule has 2 aromatic heterocycles. The van der Waals surface area contributed by atoms with Gasteiger partial charge in [-0.15, -0.1) is 0 Å². The maximum Gasteiger partial charge on any atom is 0.335 e. The molecule has 216 valence electrons. The van der Waals surface area contributed by atoms with Crippen LogP contribution in [0.4, 0.5) is 5.82 Å². The van der Waals surface area contributed by atoms with Crippen molar-refractivity contribution >= 4 is 22.9 Å². The van der Waals surface area contributed by atoms with Gasteiger partial charge in [0.1, 0.15) is 35.0 Å². The van der Waals surface area contributed by atoms with Crippen molar-refractivity contribution in [2.75, 3.05) is 25.4 Å². The number of anilines is 1. The first-order valence-corrected chi connectivity index (χ1v) is 13.9. The van der Waals surface area contributed by atoms with Crippen LogP contribution in [0.5, 0.6) is 11.5 Å². The predicted molar refractivity (Wildman–Crippen MR) is 158 cm³/mol. The van der Waals surface area contributed by atoms with Crippen molar-refractivity contribution in [2.24, 2.45) is 0 Å². The van der Waals surface area contributed by atoms with Crippen LogP contribution in [0, 0.1) is 11.3 Å². The summed E-state index contributed by atoms with van der Waals surface area (Å²) in [6, 6.07) is 18.2. The molecule has 1 aliphatic rings. The van der Waals surface area contributed by atoms with Crippen LogP contribution in [0.1, 0.15) is 39.7 Å². The van der Waals surface area contributed by atoms with Gasteiger partial charge in [0, 0.05) is 19.7 Å². The van der Waals surface area contributed by atoms with Gasteiger partial charge < -0.3 is 20.1 Å². The van der Waals surface area contributed by atoms with Gasteiger partial charge in [-0.2, -0.15) is 5.26 Å². The Morgan fingerprint density at radius 2 is 1.86 bits per heavy atom. The van der Waals surface area contributed by atoms with E-state index < -0.39 is 11.5 Å². The summed E-state index contributed by atoms with van der Waals surface area (Å²) in [5, 5.41) is 9.77. The zero-order chi connectivity index (χ0) is 29.9. The molecule has 0 saturated carbocycles. The minimum absolute atomic E-state index is 0.00764. The number of fused-ring (bicyclic) bond motifs is 1. The molecule has 1 amide bonds. The lowest BCUT2D eigenvalue weighted by atomic mass is 10.0. The van der Waals surface area contributed by atoms with E-state index in [1.807, 2.05) is 43.3 Å². The fraction of sp³-hybridized carbons (Fsp3) is 0.323. The Morgan fingerprint density at radius 1 is 1.14 bits per heavy atom. The molecule has 2 aromatic carbocycles. The first-order valence-electron chi connectivity index (χ1n) is 13.9. The summed E-state index contributed by atoms with van der Waals surface area (Å²) < 4.78 is 14.6. The number of hydrogen-bond acceptors (Lipinski definition) is 8. The molecule has 11 nitrogen and oxygen atoms in total. The van der Waals surface area contributed by atoms with Crippen molar-refractivity contribution in [3.63, 3.8) is 0 Å².